The molecule has 1 aromatic rings. The van der Waals surface area contributed by atoms with E-state index in [0.717, 1.165) is 18.9 Å². The summed E-state index contributed by atoms with van der Waals surface area (Å²) >= 11 is 0. The summed E-state index contributed by atoms with van der Waals surface area (Å²) < 4.78 is 6.06. The van der Waals surface area contributed by atoms with E-state index in [0.29, 0.717) is 16.9 Å². The number of unbranched alkanes of at least 4 members (excludes halogenated alkanes) is 4. The van der Waals surface area contributed by atoms with Crippen molar-refractivity contribution in [2.75, 3.05) is 6.61 Å². The van der Waals surface area contributed by atoms with E-state index in [9.17, 15) is 0 Å². The fraction of sp³-hybridized carbons (Fsp3) is 0.750. The third-order valence-corrected chi connectivity index (χ3v) is 9.71. The van der Waals surface area contributed by atoms with Crippen LogP contribution in [0.25, 0.3) is 0 Å². The average Bonchev–Trinajstić information content (AvgIpc) is 2.88. The summed E-state index contributed by atoms with van der Waals surface area (Å²) in [6, 6.07) is 10.0. The lowest BCUT2D eigenvalue weighted by Crippen LogP contribution is -2.44. The van der Waals surface area contributed by atoms with E-state index in [1.54, 1.807) is 11.1 Å². The highest BCUT2D eigenvalue weighted by Crippen LogP contribution is 2.59. The second-order valence-corrected chi connectivity index (χ2v) is 11.8. The zero-order valence-electron chi connectivity index (χ0n) is 21.8. The van der Waals surface area contributed by atoms with Crippen LogP contribution >= 0.6 is 0 Å². The molecule has 2 bridgehead atoms. The Labute approximate surface area is 204 Å². The monoisotopic (exact) mass is 450 g/mol. The number of hydrogen-bond acceptors (Lipinski definition) is 1. The van der Waals surface area contributed by atoms with Crippen LogP contribution in [0.1, 0.15) is 140 Å². The van der Waals surface area contributed by atoms with Crippen molar-refractivity contribution in [3.05, 3.63) is 47.5 Å². The van der Waals surface area contributed by atoms with Gasteiger partial charge in [0.25, 0.3) is 0 Å². The molecule has 4 saturated carbocycles. The van der Waals surface area contributed by atoms with Crippen molar-refractivity contribution in [3.63, 3.8) is 0 Å². The van der Waals surface area contributed by atoms with Gasteiger partial charge in [0.1, 0.15) is 0 Å². The van der Waals surface area contributed by atoms with E-state index in [2.05, 4.69) is 50.3 Å². The van der Waals surface area contributed by atoms with Crippen molar-refractivity contribution in [2.24, 2.45) is 5.41 Å². The van der Waals surface area contributed by atoms with E-state index in [-0.39, 0.29) is 0 Å². The molecule has 1 nitrogen and oxygen atoms in total. The van der Waals surface area contributed by atoms with Gasteiger partial charge >= 0.3 is 0 Å². The van der Waals surface area contributed by atoms with E-state index >= 15 is 0 Å². The Kier molecular flexibility index (Phi) is 9.14. The van der Waals surface area contributed by atoms with Crippen LogP contribution in [-0.2, 0) is 10.2 Å². The summed E-state index contributed by atoms with van der Waals surface area (Å²) in [4.78, 5) is 0. The Bertz CT molecular complexity index is 697. The first-order valence-electron chi connectivity index (χ1n) is 14.6. The van der Waals surface area contributed by atoms with Crippen molar-refractivity contribution < 1.29 is 4.74 Å². The topological polar surface area (TPSA) is 9.23 Å². The van der Waals surface area contributed by atoms with Gasteiger partial charge in [-0.25, -0.2) is 0 Å². The van der Waals surface area contributed by atoms with Gasteiger partial charge in [0.15, 0.2) is 0 Å². The second-order valence-electron chi connectivity index (χ2n) is 11.8. The molecule has 0 heterocycles. The van der Waals surface area contributed by atoms with Crippen LogP contribution in [0.2, 0.25) is 0 Å². The molecule has 4 fully saturated rings. The van der Waals surface area contributed by atoms with E-state index in [4.69, 9.17) is 4.74 Å². The summed E-state index contributed by atoms with van der Waals surface area (Å²) in [5.41, 5.74) is 4.44. The maximum atomic E-state index is 6.06. The number of benzene rings is 1. The van der Waals surface area contributed by atoms with E-state index < -0.39 is 0 Å². The number of rotatable bonds is 12. The van der Waals surface area contributed by atoms with Gasteiger partial charge in [0.05, 0.1) is 12.7 Å². The number of ether oxygens (including phenoxy) is 1. The zero-order valence-corrected chi connectivity index (χ0v) is 21.8. The third kappa shape index (κ3) is 6.33. The molecular formula is C32H50O. The van der Waals surface area contributed by atoms with Crippen molar-refractivity contribution in [2.45, 2.75) is 140 Å². The molecule has 1 aromatic carbocycles. The smallest absolute Gasteiger partial charge is 0.0651 e. The van der Waals surface area contributed by atoms with Crippen LogP contribution < -0.4 is 0 Å². The highest BCUT2D eigenvalue weighted by Gasteiger charge is 2.48. The maximum Gasteiger partial charge on any atom is 0.0651 e. The molecule has 0 amide bonds. The van der Waals surface area contributed by atoms with Gasteiger partial charge in [-0.05, 0) is 105 Å². The SMILES string of the molecule is CCC=CCO[C@H]1CC[C@H](c2ccc(C34CCC(CCCCCCC)(CC3)CC4)cc2)CC1. The van der Waals surface area contributed by atoms with Crippen LogP contribution in [0.3, 0.4) is 0 Å². The molecule has 5 rings (SSSR count). The summed E-state index contributed by atoms with van der Waals surface area (Å²) in [5, 5.41) is 0. The predicted molar refractivity (Wildman–Crippen MR) is 142 cm³/mol. The van der Waals surface area contributed by atoms with Crippen LogP contribution in [0.4, 0.5) is 0 Å². The molecule has 0 atom stereocenters. The largest absolute Gasteiger partial charge is 0.374 e. The number of hydrogen-bond donors (Lipinski definition) is 0. The molecule has 0 spiro atoms. The molecule has 0 unspecified atom stereocenters. The normalized spacial score (nSPS) is 31.9. The Morgan fingerprint density at radius 2 is 1.45 bits per heavy atom. The van der Waals surface area contributed by atoms with Crippen LogP contribution in [0.15, 0.2) is 36.4 Å². The first-order chi connectivity index (χ1) is 16.2. The third-order valence-electron chi connectivity index (χ3n) is 9.71. The molecule has 0 radical (unpaired) electrons. The molecule has 0 N–H and O–H groups in total. The quantitative estimate of drug-likeness (QED) is 0.227. The van der Waals surface area contributed by atoms with Gasteiger partial charge < -0.3 is 4.74 Å². The second kappa shape index (κ2) is 12.1. The Morgan fingerprint density at radius 1 is 0.788 bits per heavy atom. The lowest BCUT2D eigenvalue weighted by atomic mass is 9.51. The standard InChI is InChI=1S/C32H50O/c1-3-5-7-8-9-19-31-20-23-32(24-21-31,25-22-31)29-15-11-27(12-16-29)28-13-17-30(18-14-28)33-26-10-6-4-2/h6,10-12,15-16,28,30H,3-5,7-9,13-14,17-26H2,1-2H3/t28-,30-,31?,32?. The minimum absolute atomic E-state index is 0.470. The first kappa shape index (κ1) is 25.0. The van der Waals surface area contributed by atoms with E-state index in [1.165, 1.54) is 103 Å². The zero-order chi connectivity index (χ0) is 23.0. The van der Waals surface area contributed by atoms with Crippen molar-refractivity contribution in [3.8, 4) is 0 Å². The molecule has 184 valence electrons. The lowest BCUT2D eigenvalue weighted by Gasteiger charge is -2.54. The molecule has 0 saturated heterocycles. The van der Waals surface area contributed by atoms with Gasteiger partial charge in [-0.2, -0.15) is 0 Å². The molecule has 1 heteroatoms. The van der Waals surface area contributed by atoms with Gasteiger partial charge in [-0.3, -0.25) is 0 Å². The molecular weight excluding hydrogens is 400 g/mol. The van der Waals surface area contributed by atoms with Gasteiger partial charge in [0.2, 0.25) is 0 Å². The first-order valence-corrected chi connectivity index (χ1v) is 14.6. The molecule has 4 aliphatic rings. The Hall–Kier alpha value is -1.08. The minimum Gasteiger partial charge on any atom is -0.374 e. The van der Waals surface area contributed by atoms with E-state index in [1.807, 2.05) is 0 Å². The van der Waals surface area contributed by atoms with Gasteiger partial charge in [-0.15, -0.1) is 0 Å². The van der Waals surface area contributed by atoms with Crippen LogP contribution in [-0.4, -0.2) is 12.7 Å². The Balaban J connectivity index is 1.25. The van der Waals surface area contributed by atoms with Crippen LogP contribution in [0, 0.1) is 5.41 Å². The molecule has 0 aliphatic heterocycles. The summed E-state index contributed by atoms with van der Waals surface area (Å²) in [7, 11) is 0. The van der Waals surface area contributed by atoms with Crippen LogP contribution in [0.5, 0.6) is 0 Å². The number of fused-ring (bicyclic) bond motifs is 3. The van der Waals surface area contributed by atoms with Crippen molar-refractivity contribution in [1.29, 1.82) is 0 Å². The molecule has 33 heavy (non-hydrogen) atoms. The molecule has 0 aromatic heterocycles. The number of allylic oxidation sites excluding steroid dienone is 1. The minimum atomic E-state index is 0.470. The Morgan fingerprint density at radius 3 is 2.09 bits per heavy atom. The summed E-state index contributed by atoms with van der Waals surface area (Å²) in [6.07, 6.45) is 28.4. The maximum absolute atomic E-state index is 6.06. The fourth-order valence-electron chi connectivity index (χ4n) is 7.27. The van der Waals surface area contributed by atoms with Crippen molar-refractivity contribution >= 4 is 0 Å². The summed E-state index contributed by atoms with van der Waals surface area (Å²) in [6.45, 7) is 5.29. The average molecular weight is 451 g/mol. The fourth-order valence-corrected chi connectivity index (χ4v) is 7.27. The van der Waals surface area contributed by atoms with Gasteiger partial charge in [0, 0.05) is 0 Å². The lowest BCUT2D eigenvalue weighted by molar-refractivity contribution is 0.0304. The summed E-state index contributed by atoms with van der Waals surface area (Å²) in [5.74, 6) is 0.737. The van der Waals surface area contributed by atoms with Gasteiger partial charge in [-0.1, -0.05) is 82.4 Å². The predicted octanol–water partition coefficient (Wildman–Crippen LogP) is 9.65. The highest BCUT2D eigenvalue weighted by molar-refractivity contribution is 5.33. The molecule has 4 aliphatic carbocycles. The van der Waals surface area contributed by atoms with Crippen molar-refractivity contribution in [1.82, 2.24) is 0 Å². The highest BCUT2D eigenvalue weighted by atomic mass is 16.5.